The molecule has 19 heavy (non-hydrogen) atoms. The van der Waals surface area contributed by atoms with Crippen molar-refractivity contribution in [3.05, 3.63) is 22.8 Å². The van der Waals surface area contributed by atoms with Crippen LogP contribution >= 0.6 is 0 Å². The van der Waals surface area contributed by atoms with Gasteiger partial charge in [-0.3, -0.25) is 0 Å². The highest BCUT2D eigenvalue weighted by Gasteiger charge is 2.26. The van der Waals surface area contributed by atoms with Gasteiger partial charge in [0.25, 0.3) is 0 Å². The minimum absolute atomic E-state index is 0.424. The molecule has 0 atom stereocenters. The molecule has 0 amide bonds. The maximum absolute atomic E-state index is 5.73. The highest BCUT2D eigenvalue weighted by Crippen LogP contribution is 2.24. The van der Waals surface area contributed by atoms with E-state index in [1.54, 1.807) is 0 Å². The van der Waals surface area contributed by atoms with E-state index in [1.807, 2.05) is 20.8 Å². The Bertz CT molecular complexity index is 430. The van der Waals surface area contributed by atoms with Crippen LogP contribution < -0.4 is 5.32 Å². The molecule has 0 spiro atoms. The molecule has 0 aromatic carbocycles. The van der Waals surface area contributed by atoms with Gasteiger partial charge < -0.3 is 10.1 Å². The van der Waals surface area contributed by atoms with Crippen LogP contribution in [0.3, 0.4) is 0 Å². The summed E-state index contributed by atoms with van der Waals surface area (Å²) in [6.45, 7) is 11.7. The van der Waals surface area contributed by atoms with Gasteiger partial charge in [0.05, 0.1) is 0 Å². The van der Waals surface area contributed by atoms with E-state index in [4.69, 9.17) is 4.74 Å². The summed E-state index contributed by atoms with van der Waals surface area (Å²) in [4.78, 5) is 9.29. The molecule has 0 bridgehead atoms. The number of aromatic nitrogens is 2. The number of hydrogen-bond donors (Lipinski definition) is 1. The molecule has 2 rings (SSSR count). The van der Waals surface area contributed by atoms with Crippen molar-refractivity contribution in [3.8, 4) is 0 Å². The van der Waals surface area contributed by atoms with Crippen LogP contribution in [0.1, 0.15) is 56.4 Å². The Morgan fingerprint density at radius 2 is 1.79 bits per heavy atom. The van der Waals surface area contributed by atoms with Crippen LogP contribution in [0.2, 0.25) is 0 Å². The van der Waals surface area contributed by atoms with Gasteiger partial charge in [-0.05, 0) is 47.5 Å². The fraction of sp³-hybridized carbons (Fsp3) is 0.733. The standard InChI is InChI=1S/C15H25N3O/c1-6-19-15(4,5)14-17-10(2)13(11(3)18-14)9-16-12-7-8-12/h12,16H,6-9H2,1-5H3. The van der Waals surface area contributed by atoms with Gasteiger partial charge in [-0.2, -0.15) is 0 Å². The van der Waals surface area contributed by atoms with Gasteiger partial charge in [0, 0.05) is 36.1 Å². The molecular formula is C15H25N3O. The summed E-state index contributed by atoms with van der Waals surface area (Å²) in [7, 11) is 0. The first-order valence-electron chi connectivity index (χ1n) is 7.16. The van der Waals surface area contributed by atoms with Gasteiger partial charge in [-0.15, -0.1) is 0 Å². The third-order valence-electron chi connectivity index (χ3n) is 3.61. The molecule has 1 aliphatic rings. The van der Waals surface area contributed by atoms with Crippen molar-refractivity contribution in [2.75, 3.05) is 6.61 Å². The summed E-state index contributed by atoms with van der Waals surface area (Å²) in [6, 6.07) is 0.707. The minimum atomic E-state index is -0.424. The monoisotopic (exact) mass is 263 g/mol. The summed E-state index contributed by atoms with van der Waals surface area (Å²) in [5.74, 6) is 0.777. The lowest BCUT2D eigenvalue weighted by Crippen LogP contribution is -2.27. The molecule has 0 aliphatic heterocycles. The molecule has 1 heterocycles. The molecule has 0 unspecified atom stereocenters. The first-order chi connectivity index (χ1) is 8.94. The average molecular weight is 263 g/mol. The fourth-order valence-electron chi connectivity index (χ4n) is 2.22. The number of aryl methyl sites for hydroxylation is 2. The Morgan fingerprint density at radius 3 is 2.26 bits per heavy atom. The van der Waals surface area contributed by atoms with Gasteiger partial charge >= 0.3 is 0 Å². The van der Waals surface area contributed by atoms with Gasteiger partial charge in [0.2, 0.25) is 0 Å². The third-order valence-corrected chi connectivity index (χ3v) is 3.61. The normalized spacial score (nSPS) is 15.8. The van der Waals surface area contributed by atoms with E-state index < -0.39 is 5.60 Å². The Hall–Kier alpha value is -1.00. The second-order valence-electron chi connectivity index (χ2n) is 5.80. The van der Waals surface area contributed by atoms with Crippen molar-refractivity contribution in [2.24, 2.45) is 0 Å². The van der Waals surface area contributed by atoms with Crippen LogP contribution in [-0.2, 0) is 16.9 Å². The second kappa shape index (κ2) is 5.55. The molecule has 1 fully saturated rings. The topological polar surface area (TPSA) is 47.0 Å². The van der Waals surface area contributed by atoms with Crippen molar-refractivity contribution >= 4 is 0 Å². The zero-order valence-electron chi connectivity index (χ0n) is 12.7. The van der Waals surface area contributed by atoms with E-state index in [0.717, 1.165) is 23.8 Å². The zero-order chi connectivity index (χ0) is 14.0. The molecule has 1 saturated carbocycles. The first-order valence-corrected chi connectivity index (χ1v) is 7.16. The van der Waals surface area contributed by atoms with E-state index in [1.165, 1.54) is 18.4 Å². The lowest BCUT2D eigenvalue weighted by Gasteiger charge is -2.24. The number of rotatable bonds is 6. The highest BCUT2D eigenvalue weighted by molar-refractivity contribution is 5.25. The van der Waals surface area contributed by atoms with Crippen molar-refractivity contribution in [3.63, 3.8) is 0 Å². The molecular weight excluding hydrogens is 238 g/mol. The van der Waals surface area contributed by atoms with Gasteiger partial charge in [-0.1, -0.05) is 0 Å². The maximum Gasteiger partial charge on any atom is 0.160 e. The Kier molecular flexibility index (Phi) is 4.21. The van der Waals surface area contributed by atoms with Crippen LogP contribution in [0.25, 0.3) is 0 Å². The first kappa shape index (κ1) is 14.4. The lowest BCUT2D eigenvalue weighted by atomic mass is 10.1. The van der Waals surface area contributed by atoms with Crippen LogP contribution in [-0.4, -0.2) is 22.6 Å². The van der Waals surface area contributed by atoms with Crippen molar-refractivity contribution in [2.45, 2.75) is 65.6 Å². The molecule has 0 saturated heterocycles. The predicted molar refractivity (Wildman–Crippen MR) is 76.0 cm³/mol. The Labute approximate surface area is 116 Å². The highest BCUT2D eigenvalue weighted by atomic mass is 16.5. The van der Waals surface area contributed by atoms with Crippen LogP contribution in [0.5, 0.6) is 0 Å². The number of nitrogens with zero attached hydrogens (tertiary/aromatic N) is 2. The second-order valence-corrected chi connectivity index (χ2v) is 5.80. The summed E-state index contributed by atoms with van der Waals surface area (Å²) < 4.78 is 5.73. The van der Waals surface area contributed by atoms with E-state index >= 15 is 0 Å². The molecule has 4 nitrogen and oxygen atoms in total. The van der Waals surface area contributed by atoms with Gasteiger partial charge in [0.1, 0.15) is 5.60 Å². The van der Waals surface area contributed by atoms with Crippen LogP contribution in [0.4, 0.5) is 0 Å². The van der Waals surface area contributed by atoms with E-state index in [2.05, 4.69) is 29.1 Å². The molecule has 0 radical (unpaired) electrons. The van der Waals surface area contributed by atoms with Crippen molar-refractivity contribution < 1.29 is 4.74 Å². The molecule has 1 aromatic heterocycles. The van der Waals surface area contributed by atoms with Crippen molar-refractivity contribution in [1.29, 1.82) is 0 Å². The summed E-state index contributed by atoms with van der Waals surface area (Å²) >= 11 is 0. The van der Waals surface area contributed by atoms with E-state index in [9.17, 15) is 0 Å². The number of nitrogens with one attached hydrogen (secondary N) is 1. The smallest absolute Gasteiger partial charge is 0.160 e. The quantitative estimate of drug-likeness (QED) is 0.857. The van der Waals surface area contributed by atoms with Gasteiger partial charge in [0.15, 0.2) is 5.82 Å². The summed E-state index contributed by atoms with van der Waals surface area (Å²) in [5.41, 5.74) is 2.92. The zero-order valence-corrected chi connectivity index (χ0v) is 12.7. The van der Waals surface area contributed by atoms with Gasteiger partial charge in [-0.25, -0.2) is 9.97 Å². The average Bonchev–Trinajstić information content (AvgIpc) is 3.11. The van der Waals surface area contributed by atoms with Crippen LogP contribution in [0.15, 0.2) is 0 Å². The Balaban J connectivity index is 2.19. The molecule has 1 N–H and O–H groups in total. The summed E-state index contributed by atoms with van der Waals surface area (Å²) in [6.07, 6.45) is 2.60. The Morgan fingerprint density at radius 1 is 1.21 bits per heavy atom. The predicted octanol–water partition coefficient (Wildman–Crippen LogP) is 2.62. The van der Waals surface area contributed by atoms with E-state index in [-0.39, 0.29) is 0 Å². The summed E-state index contributed by atoms with van der Waals surface area (Å²) in [5, 5.41) is 3.53. The largest absolute Gasteiger partial charge is 0.368 e. The maximum atomic E-state index is 5.73. The number of hydrogen-bond acceptors (Lipinski definition) is 4. The minimum Gasteiger partial charge on any atom is -0.368 e. The van der Waals surface area contributed by atoms with E-state index in [0.29, 0.717) is 12.6 Å². The fourth-order valence-corrected chi connectivity index (χ4v) is 2.22. The number of ether oxygens (including phenoxy) is 1. The molecule has 4 heteroatoms. The van der Waals surface area contributed by atoms with Crippen LogP contribution in [0, 0.1) is 13.8 Å². The molecule has 1 aromatic rings. The molecule has 1 aliphatic carbocycles. The van der Waals surface area contributed by atoms with Crippen molar-refractivity contribution in [1.82, 2.24) is 15.3 Å². The lowest BCUT2D eigenvalue weighted by molar-refractivity contribution is -0.0210. The third kappa shape index (κ3) is 3.51. The SMILES string of the molecule is CCOC(C)(C)c1nc(C)c(CNC2CC2)c(C)n1. The molecule has 106 valence electrons.